The Morgan fingerprint density at radius 1 is 1.12 bits per heavy atom. The summed E-state index contributed by atoms with van der Waals surface area (Å²) in [6.07, 6.45) is 0.609. The van der Waals surface area contributed by atoms with Gasteiger partial charge in [0, 0.05) is 29.4 Å². The lowest BCUT2D eigenvalue weighted by molar-refractivity contribution is -0.384. The van der Waals surface area contributed by atoms with Gasteiger partial charge in [-0.25, -0.2) is 4.79 Å². The Labute approximate surface area is 182 Å². The van der Waals surface area contributed by atoms with Crippen molar-refractivity contribution in [3.05, 3.63) is 75.2 Å². The van der Waals surface area contributed by atoms with Crippen molar-refractivity contribution in [3.8, 4) is 5.75 Å². The molecule has 0 unspecified atom stereocenters. The zero-order valence-corrected chi connectivity index (χ0v) is 17.4. The molecule has 3 aromatic rings. The number of aromatic nitrogens is 1. The van der Waals surface area contributed by atoms with Crippen molar-refractivity contribution < 1.29 is 24.0 Å². The minimum Gasteiger partial charge on any atom is -0.478 e. The van der Waals surface area contributed by atoms with Crippen molar-refractivity contribution in [1.82, 2.24) is 4.57 Å². The Bertz CT molecular complexity index is 1220. The highest BCUT2D eigenvalue weighted by Gasteiger charge is 2.18. The van der Waals surface area contributed by atoms with Gasteiger partial charge in [0.2, 0.25) is 5.91 Å². The first-order valence-electron chi connectivity index (χ1n) is 9.80. The Hall–Kier alpha value is -4.21. The smallest absolute Gasteiger partial charge is 0.347 e. The van der Waals surface area contributed by atoms with Crippen molar-refractivity contribution in [2.24, 2.45) is 0 Å². The van der Waals surface area contributed by atoms with Crippen LogP contribution in [0.3, 0.4) is 0 Å². The number of benzene rings is 2. The first-order chi connectivity index (χ1) is 15.3. The van der Waals surface area contributed by atoms with Crippen molar-refractivity contribution in [1.29, 1.82) is 0 Å². The van der Waals surface area contributed by atoms with Crippen LogP contribution in [-0.2, 0) is 20.9 Å². The summed E-state index contributed by atoms with van der Waals surface area (Å²) in [7, 11) is 0. The average molecular weight is 439 g/mol. The molecule has 0 aliphatic carbocycles. The minimum atomic E-state index is -0.851. The molecule has 10 heteroatoms. The number of esters is 1. The van der Waals surface area contributed by atoms with Crippen LogP contribution < -0.4 is 15.6 Å². The summed E-state index contributed by atoms with van der Waals surface area (Å²) in [4.78, 5) is 47.2. The maximum Gasteiger partial charge on any atom is 0.347 e. The van der Waals surface area contributed by atoms with Gasteiger partial charge in [-0.3, -0.25) is 19.7 Å². The lowest BCUT2D eigenvalue weighted by Crippen LogP contribution is -2.28. The number of hydrogen-bond acceptors (Lipinski definition) is 7. The lowest BCUT2D eigenvalue weighted by atomic mass is 10.1. The van der Waals surface area contributed by atoms with E-state index in [-0.39, 0.29) is 18.8 Å². The number of ether oxygens (including phenoxy) is 2. The molecule has 0 fully saturated rings. The summed E-state index contributed by atoms with van der Waals surface area (Å²) in [6.45, 7) is 3.23. The highest BCUT2D eigenvalue weighted by atomic mass is 16.6. The molecule has 2 aromatic carbocycles. The van der Waals surface area contributed by atoms with E-state index in [1.54, 1.807) is 38.1 Å². The molecule has 0 aliphatic rings. The summed E-state index contributed by atoms with van der Waals surface area (Å²) in [6, 6.07) is 11.9. The number of amides is 1. The summed E-state index contributed by atoms with van der Waals surface area (Å²) in [5.41, 5.74) is -0.127. The molecule has 10 nitrogen and oxygen atoms in total. The highest BCUT2D eigenvalue weighted by Crippen LogP contribution is 2.24. The Morgan fingerprint density at radius 3 is 2.50 bits per heavy atom. The van der Waals surface area contributed by atoms with Crippen LogP contribution in [0.15, 0.2) is 59.5 Å². The Kier molecular flexibility index (Phi) is 6.83. The zero-order valence-electron chi connectivity index (χ0n) is 17.4. The van der Waals surface area contributed by atoms with E-state index in [0.717, 1.165) is 0 Å². The molecule has 1 heterocycles. The van der Waals surface area contributed by atoms with E-state index in [9.17, 15) is 24.5 Å². The van der Waals surface area contributed by atoms with Gasteiger partial charge in [0.05, 0.1) is 16.9 Å². The number of pyridine rings is 1. The number of nitrogens with one attached hydrogen (secondary N) is 1. The summed E-state index contributed by atoms with van der Waals surface area (Å²) < 4.78 is 11.8. The third-order valence-electron chi connectivity index (χ3n) is 4.58. The van der Waals surface area contributed by atoms with E-state index in [4.69, 9.17) is 9.47 Å². The SMILES string of the molecule is CCOC(=O)[C@@H](C)Oc1cccc2c(=O)n(CC(=O)Nc3ccc([N+](=O)[O-])cc3)ccc12. The number of hydrogen-bond donors (Lipinski definition) is 1. The van der Waals surface area contributed by atoms with Crippen LogP contribution in [0.1, 0.15) is 13.8 Å². The molecule has 1 aromatic heterocycles. The van der Waals surface area contributed by atoms with E-state index in [1.807, 2.05) is 0 Å². The second-order valence-corrected chi connectivity index (χ2v) is 6.83. The van der Waals surface area contributed by atoms with Crippen molar-refractivity contribution >= 4 is 34.0 Å². The van der Waals surface area contributed by atoms with E-state index in [2.05, 4.69) is 5.32 Å². The van der Waals surface area contributed by atoms with Crippen LogP contribution in [0, 0.1) is 10.1 Å². The molecule has 0 saturated heterocycles. The van der Waals surface area contributed by atoms with E-state index in [1.165, 1.54) is 35.0 Å². The molecule has 0 aliphatic heterocycles. The van der Waals surface area contributed by atoms with Crippen LogP contribution in [-0.4, -0.2) is 34.1 Å². The van der Waals surface area contributed by atoms with Crippen molar-refractivity contribution in [2.75, 3.05) is 11.9 Å². The molecule has 0 bridgehead atoms. The minimum absolute atomic E-state index is 0.0935. The third-order valence-corrected chi connectivity index (χ3v) is 4.58. The molecule has 1 amide bonds. The maximum absolute atomic E-state index is 12.9. The monoisotopic (exact) mass is 439 g/mol. The van der Waals surface area contributed by atoms with Gasteiger partial charge in [0.15, 0.2) is 6.10 Å². The zero-order chi connectivity index (χ0) is 23.3. The fourth-order valence-electron chi connectivity index (χ4n) is 3.04. The predicted octanol–water partition coefficient (Wildman–Crippen LogP) is 2.88. The number of carbonyl (C=O) groups is 2. The topological polar surface area (TPSA) is 130 Å². The van der Waals surface area contributed by atoms with E-state index < -0.39 is 28.5 Å². The van der Waals surface area contributed by atoms with Crippen LogP contribution in [0.5, 0.6) is 5.75 Å². The van der Waals surface area contributed by atoms with E-state index >= 15 is 0 Å². The summed E-state index contributed by atoms with van der Waals surface area (Å²) in [5, 5.41) is 14.1. The lowest BCUT2D eigenvalue weighted by Gasteiger charge is -2.15. The molecular weight excluding hydrogens is 418 g/mol. The first kappa shape index (κ1) is 22.5. The number of rotatable bonds is 8. The van der Waals surface area contributed by atoms with Gasteiger partial charge in [0.1, 0.15) is 12.3 Å². The van der Waals surface area contributed by atoms with Gasteiger partial charge in [-0.1, -0.05) is 6.07 Å². The Balaban J connectivity index is 1.77. The summed E-state index contributed by atoms with van der Waals surface area (Å²) >= 11 is 0. The quantitative estimate of drug-likeness (QED) is 0.324. The molecular formula is C22H21N3O7. The van der Waals surface area contributed by atoms with Gasteiger partial charge in [-0.2, -0.15) is 0 Å². The third kappa shape index (κ3) is 5.09. The molecule has 0 radical (unpaired) electrons. The van der Waals surface area contributed by atoms with Crippen LogP contribution in [0.25, 0.3) is 10.8 Å². The molecule has 1 atom stereocenters. The van der Waals surface area contributed by atoms with Crippen molar-refractivity contribution in [3.63, 3.8) is 0 Å². The maximum atomic E-state index is 12.9. The first-order valence-corrected chi connectivity index (χ1v) is 9.80. The van der Waals surface area contributed by atoms with Crippen molar-refractivity contribution in [2.45, 2.75) is 26.5 Å². The number of non-ortho nitro benzene ring substituents is 1. The fourth-order valence-corrected chi connectivity index (χ4v) is 3.04. The van der Waals surface area contributed by atoms with Gasteiger partial charge in [0.25, 0.3) is 11.2 Å². The van der Waals surface area contributed by atoms with Crippen LogP contribution >= 0.6 is 0 Å². The van der Waals surface area contributed by atoms with Crippen LogP contribution in [0.4, 0.5) is 11.4 Å². The number of nitro benzene ring substituents is 1. The number of nitro groups is 1. The molecule has 1 N–H and O–H groups in total. The Morgan fingerprint density at radius 2 is 1.84 bits per heavy atom. The predicted molar refractivity (Wildman–Crippen MR) is 117 cm³/mol. The molecule has 3 rings (SSSR count). The number of anilines is 1. The molecule has 0 saturated carbocycles. The second-order valence-electron chi connectivity index (χ2n) is 6.83. The highest BCUT2D eigenvalue weighted by molar-refractivity contribution is 5.91. The van der Waals surface area contributed by atoms with E-state index in [0.29, 0.717) is 22.2 Å². The van der Waals surface area contributed by atoms with Crippen LogP contribution in [0.2, 0.25) is 0 Å². The van der Waals surface area contributed by atoms with Gasteiger partial charge >= 0.3 is 5.97 Å². The molecule has 32 heavy (non-hydrogen) atoms. The number of nitrogens with zero attached hydrogens (tertiary/aromatic N) is 2. The fraction of sp³-hybridized carbons (Fsp3) is 0.227. The van der Waals surface area contributed by atoms with Gasteiger partial charge in [-0.05, 0) is 44.2 Å². The largest absolute Gasteiger partial charge is 0.478 e. The number of fused-ring (bicyclic) bond motifs is 1. The molecule has 166 valence electrons. The average Bonchev–Trinajstić information content (AvgIpc) is 2.76. The van der Waals surface area contributed by atoms with Gasteiger partial charge in [-0.15, -0.1) is 0 Å². The summed E-state index contributed by atoms with van der Waals surface area (Å²) in [5.74, 6) is -0.632. The standard InChI is InChI=1S/C22H21N3O7/c1-3-31-22(28)14(2)32-19-6-4-5-18-17(19)11-12-24(21(18)27)13-20(26)23-15-7-9-16(10-8-15)25(29)30/h4-12,14H,3,13H2,1-2H3,(H,23,26)/t14-/m1/s1. The normalized spacial score (nSPS) is 11.6. The number of carbonyl (C=O) groups excluding carboxylic acids is 2. The van der Waals surface area contributed by atoms with Gasteiger partial charge < -0.3 is 19.4 Å². The second kappa shape index (κ2) is 9.73. The molecule has 0 spiro atoms.